The normalized spacial score (nSPS) is 11.7. The quantitative estimate of drug-likeness (QED) is 0.219. The summed E-state index contributed by atoms with van der Waals surface area (Å²) >= 11 is 0. The van der Waals surface area contributed by atoms with E-state index in [1.54, 1.807) is 36.4 Å². The topological polar surface area (TPSA) is 122 Å². The minimum Gasteiger partial charge on any atom is -0.388 e. The molecule has 0 bridgehead atoms. The molecule has 41 heavy (non-hydrogen) atoms. The molecule has 0 heterocycles. The summed E-state index contributed by atoms with van der Waals surface area (Å²) in [6.07, 6.45) is -4.57. The first kappa shape index (κ1) is 31.0. The maximum atomic E-state index is 13.2. The van der Waals surface area contributed by atoms with Gasteiger partial charge < -0.3 is 21.5 Å². The van der Waals surface area contributed by atoms with Crippen LogP contribution in [-0.2, 0) is 22.2 Å². The lowest BCUT2D eigenvalue weighted by atomic mass is 10.0. The van der Waals surface area contributed by atoms with Gasteiger partial charge in [-0.2, -0.15) is 13.2 Å². The van der Waals surface area contributed by atoms with E-state index in [1.165, 1.54) is 12.1 Å². The van der Waals surface area contributed by atoms with Crippen molar-refractivity contribution in [3.05, 3.63) is 100 Å². The lowest BCUT2D eigenvalue weighted by Crippen LogP contribution is -2.46. The summed E-state index contributed by atoms with van der Waals surface area (Å²) in [6, 6.07) is 14.5. The molecular formula is C30H27F4N3O4. The van der Waals surface area contributed by atoms with Gasteiger partial charge in [-0.15, -0.1) is 0 Å². The summed E-state index contributed by atoms with van der Waals surface area (Å²) in [7, 11) is 0. The van der Waals surface area contributed by atoms with Gasteiger partial charge in [-0.3, -0.25) is 14.4 Å². The molecule has 3 rings (SSSR count). The number of benzene rings is 3. The van der Waals surface area contributed by atoms with Gasteiger partial charge in [0, 0.05) is 35.3 Å². The van der Waals surface area contributed by atoms with Crippen molar-refractivity contribution in [2.24, 2.45) is 5.73 Å². The lowest BCUT2D eigenvalue weighted by Gasteiger charge is -2.14. The van der Waals surface area contributed by atoms with Gasteiger partial charge in [-0.05, 0) is 79.1 Å². The van der Waals surface area contributed by atoms with Gasteiger partial charge in [-0.25, -0.2) is 4.39 Å². The third kappa shape index (κ3) is 9.27. The highest BCUT2D eigenvalue weighted by molar-refractivity contribution is 5.98. The molecule has 0 aromatic heterocycles. The van der Waals surface area contributed by atoms with Crippen molar-refractivity contribution < 1.29 is 37.1 Å². The fourth-order valence-electron chi connectivity index (χ4n) is 3.80. The van der Waals surface area contributed by atoms with Crippen molar-refractivity contribution in [3.63, 3.8) is 0 Å². The smallest absolute Gasteiger partial charge is 0.388 e. The molecule has 3 aromatic carbocycles. The summed E-state index contributed by atoms with van der Waals surface area (Å²) < 4.78 is 52.6. The Bertz CT molecular complexity index is 1440. The Morgan fingerprint density at radius 2 is 1.54 bits per heavy atom. The van der Waals surface area contributed by atoms with E-state index in [0.29, 0.717) is 28.4 Å². The van der Waals surface area contributed by atoms with Crippen LogP contribution in [-0.4, -0.2) is 41.9 Å². The van der Waals surface area contributed by atoms with Crippen LogP contribution in [0, 0.1) is 17.7 Å². The van der Waals surface area contributed by atoms with Crippen molar-refractivity contribution in [3.8, 4) is 11.8 Å². The first-order valence-electron chi connectivity index (χ1n) is 12.5. The third-order valence-corrected chi connectivity index (χ3v) is 5.98. The number of ketones is 1. The standard InChI is InChI=1S/C30H27F4N3O4/c31-23-13-12-21(25(16-23)30(32,33)34)2-1-3-28(40)36-24-14-8-20(9-15-24)5-4-19-6-10-22(11-7-19)29(41)37-26(17-35)27(39)18-38/h6-16,26,38H,1-3,17-18,35H2,(H,36,40)(H,37,41)/t26-/m0/s1. The number of carbonyl (C=O) groups excluding carboxylic acids is 3. The fourth-order valence-corrected chi connectivity index (χ4v) is 3.80. The van der Waals surface area contributed by atoms with Gasteiger partial charge in [0.25, 0.3) is 5.91 Å². The average Bonchev–Trinajstić information content (AvgIpc) is 2.95. The summed E-state index contributed by atoms with van der Waals surface area (Å²) in [5.41, 5.74) is 6.40. The number of carbonyl (C=O) groups is 3. The van der Waals surface area contributed by atoms with Crippen LogP contribution in [0.2, 0.25) is 0 Å². The van der Waals surface area contributed by atoms with E-state index >= 15 is 0 Å². The Labute approximate surface area is 233 Å². The van der Waals surface area contributed by atoms with Crippen LogP contribution < -0.4 is 16.4 Å². The molecule has 0 radical (unpaired) electrons. The minimum absolute atomic E-state index is 0.0190. The number of anilines is 1. The molecule has 0 unspecified atom stereocenters. The number of alkyl halides is 3. The first-order chi connectivity index (χ1) is 19.5. The highest BCUT2D eigenvalue weighted by Crippen LogP contribution is 2.33. The zero-order valence-electron chi connectivity index (χ0n) is 21.7. The Balaban J connectivity index is 1.51. The van der Waals surface area contributed by atoms with Crippen LogP contribution in [0.1, 0.15) is 45.5 Å². The summed E-state index contributed by atoms with van der Waals surface area (Å²) in [5.74, 6) is 3.46. The molecule has 3 aromatic rings. The molecule has 7 nitrogen and oxygen atoms in total. The number of hydrogen-bond acceptors (Lipinski definition) is 5. The van der Waals surface area contributed by atoms with Gasteiger partial charge in [0.15, 0.2) is 5.78 Å². The minimum atomic E-state index is -4.68. The zero-order valence-corrected chi connectivity index (χ0v) is 21.7. The Kier molecular flexibility index (Phi) is 10.7. The summed E-state index contributed by atoms with van der Waals surface area (Å²) in [6.45, 7) is -0.862. The molecule has 0 aliphatic heterocycles. The van der Waals surface area contributed by atoms with Gasteiger partial charge in [-0.1, -0.05) is 17.9 Å². The van der Waals surface area contributed by atoms with E-state index in [9.17, 15) is 31.9 Å². The van der Waals surface area contributed by atoms with Gasteiger partial charge in [0.1, 0.15) is 18.5 Å². The van der Waals surface area contributed by atoms with Crippen LogP contribution in [0.5, 0.6) is 0 Å². The van der Waals surface area contributed by atoms with Crippen molar-refractivity contribution in [1.82, 2.24) is 5.32 Å². The molecule has 11 heteroatoms. The molecule has 1 atom stereocenters. The second-order valence-corrected chi connectivity index (χ2v) is 8.99. The van der Waals surface area contributed by atoms with Crippen molar-refractivity contribution in [2.75, 3.05) is 18.5 Å². The maximum absolute atomic E-state index is 13.2. The van der Waals surface area contributed by atoms with Crippen molar-refractivity contribution >= 4 is 23.3 Å². The molecular weight excluding hydrogens is 542 g/mol. The number of Topliss-reactive ketones (excluding diaryl/α,β-unsaturated/α-hetero) is 1. The Hall–Kier alpha value is -4.53. The summed E-state index contributed by atoms with van der Waals surface area (Å²) in [4.78, 5) is 36.1. The molecule has 0 saturated carbocycles. The number of nitrogens with one attached hydrogen (secondary N) is 2. The fraction of sp³-hybridized carbons (Fsp3) is 0.233. The van der Waals surface area contributed by atoms with E-state index in [2.05, 4.69) is 22.5 Å². The third-order valence-electron chi connectivity index (χ3n) is 5.98. The van der Waals surface area contributed by atoms with E-state index in [0.717, 1.165) is 12.1 Å². The Morgan fingerprint density at radius 3 is 2.10 bits per heavy atom. The van der Waals surface area contributed by atoms with Gasteiger partial charge in [0.05, 0.1) is 5.56 Å². The van der Waals surface area contributed by atoms with Crippen LogP contribution in [0.25, 0.3) is 0 Å². The summed E-state index contributed by atoms with van der Waals surface area (Å²) in [5, 5.41) is 14.1. The lowest BCUT2D eigenvalue weighted by molar-refractivity contribution is -0.138. The second-order valence-electron chi connectivity index (χ2n) is 8.99. The van der Waals surface area contributed by atoms with E-state index in [-0.39, 0.29) is 37.3 Å². The van der Waals surface area contributed by atoms with Gasteiger partial charge >= 0.3 is 6.18 Å². The van der Waals surface area contributed by atoms with Crippen LogP contribution in [0.4, 0.5) is 23.2 Å². The highest BCUT2D eigenvalue weighted by atomic mass is 19.4. The largest absolute Gasteiger partial charge is 0.416 e. The Morgan fingerprint density at radius 1 is 0.927 bits per heavy atom. The molecule has 0 saturated heterocycles. The van der Waals surface area contributed by atoms with E-state index < -0.39 is 41.9 Å². The van der Waals surface area contributed by atoms with Crippen LogP contribution >= 0.6 is 0 Å². The number of nitrogens with two attached hydrogens (primary N) is 1. The number of aliphatic hydroxyl groups is 1. The zero-order chi connectivity index (χ0) is 30.0. The molecule has 0 aliphatic rings. The van der Waals surface area contributed by atoms with Crippen molar-refractivity contribution in [2.45, 2.75) is 31.5 Å². The maximum Gasteiger partial charge on any atom is 0.416 e. The van der Waals surface area contributed by atoms with Gasteiger partial charge in [0.2, 0.25) is 5.91 Å². The number of amides is 2. The van der Waals surface area contributed by atoms with E-state index in [4.69, 9.17) is 10.8 Å². The van der Waals surface area contributed by atoms with Crippen LogP contribution in [0.3, 0.4) is 0 Å². The highest BCUT2D eigenvalue weighted by Gasteiger charge is 2.33. The molecule has 5 N–H and O–H groups in total. The predicted octanol–water partition coefficient (Wildman–Crippen LogP) is 3.82. The number of halogens is 4. The second kappa shape index (κ2) is 14.2. The number of aryl methyl sites for hydroxylation is 1. The number of rotatable bonds is 10. The number of aliphatic hydroxyl groups excluding tert-OH is 1. The van der Waals surface area contributed by atoms with Crippen molar-refractivity contribution in [1.29, 1.82) is 0 Å². The van der Waals surface area contributed by atoms with Crippen LogP contribution in [0.15, 0.2) is 66.7 Å². The molecule has 0 aliphatic carbocycles. The molecule has 2 amide bonds. The molecule has 0 spiro atoms. The monoisotopic (exact) mass is 569 g/mol. The first-order valence-corrected chi connectivity index (χ1v) is 12.5. The predicted molar refractivity (Wildman–Crippen MR) is 144 cm³/mol. The number of hydrogen-bond donors (Lipinski definition) is 4. The van der Waals surface area contributed by atoms with E-state index in [1.807, 2.05) is 0 Å². The average molecular weight is 570 g/mol. The SMILES string of the molecule is NC[C@H](NC(=O)c1ccc(C#Cc2ccc(NC(=O)CCCc3ccc(F)cc3C(F)(F)F)cc2)cc1)C(=O)CO. The molecule has 0 fully saturated rings. The molecule has 214 valence electrons.